The Kier molecular flexibility index (Phi) is 5.26. The van der Waals surface area contributed by atoms with E-state index in [9.17, 15) is 4.79 Å². The van der Waals surface area contributed by atoms with Gasteiger partial charge in [-0.25, -0.2) is 0 Å². The number of thioether (sulfide) groups is 1. The molecule has 0 aliphatic rings. The van der Waals surface area contributed by atoms with E-state index in [0.717, 1.165) is 11.3 Å². The van der Waals surface area contributed by atoms with Gasteiger partial charge in [-0.05, 0) is 54.3 Å². The smallest absolute Gasteiger partial charge is 0.251 e. The third-order valence-electron chi connectivity index (χ3n) is 3.35. The standard InChI is InChI=1S/C16H19NOS2/c1-11-12(2)20-10-15(11)8-17-16(18)14-6-4-13(5-7-14)9-19-3/h4-7,10H,8-9H2,1-3H3,(H,17,18). The van der Waals surface area contributed by atoms with Crippen LogP contribution in [0.3, 0.4) is 0 Å². The number of hydrogen-bond acceptors (Lipinski definition) is 3. The summed E-state index contributed by atoms with van der Waals surface area (Å²) < 4.78 is 0. The van der Waals surface area contributed by atoms with E-state index in [1.807, 2.05) is 24.3 Å². The molecule has 1 amide bonds. The van der Waals surface area contributed by atoms with Gasteiger partial charge in [0.05, 0.1) is 0 Å². The Hall–Kier alpha value is -1.26. The maximum Gasteiger partial charge on any atom is 0.251 e. The lowest BCUT2D eigenvalue weighted by Crippen LogP contribution is -2.22. The summed E-state index contributed by atoms with van der Waals surface area (Å²) in [7, 11) is 0. The van der Waals surface area contributed by atoms with Crippen molar-refractivity contribution in [3.8, 4) is 0 Å². The molecule has 0 saturated carbocycles. The first-order valence-corrected chi connectivity index (χ1v) is 8.79. The van der Waals surface area contributed by atoms with Crippen molar-refractivity contribution in [1.29, 1.82) is 0 Å². The number of hydrogen-bond donors (Lipinski definition) is 1. The summed E-state index contributed by atoms with van der Waals surface area (Å²) >= 11 is 3.51. The zero-order valence-electron chi connectivity index (χ0n) is 12.0. The Balaban J connectivity index is 1.96. The summed E-state index contributed by atoms with van der Waals surface area (Å²) in [5.74, 6) is 0.971. The van der Waals surface area contributed by atoms with Gasteiger partial charge in [-0.3, -0.25) is 4.79 Å². The van der Waals surface area contributed by atoms with Gasteiger partial charge in [-0.1, -0.05) is 12.1 Å². The highest BCUT2D eigenvalue weighted by atomic mass is 32.2. The van der Waals surface area contributed by atoms with E-state index in [2.05, 4.69) is 30.8 Å². The Morgan fingerprint density at radius 2 is 1.95 bits per heavy atom. The van der Waals surface area contributed by atoms with Crippen LogP contribution in [0.5, 0.6) is 0 Å². The second-order valence-electron chi connectivity index (χ2n) is 4.75. The van der Waals surface area contributed by atoms with Gasteiger partial charge in [0.25, 0.3) is 5.91 Å². The molecule has 1 aromatic carbocycles. The van der Waals surface area contributed by atoms with Crippen molar-refractivity contribution in [2.45, 2.75) is 26.1 Å². The van der Waals surface area contributed by atoms with E-state index < -0.39 is 0 Å². The molecule has 20 heavy (non-hydrogen) atoms. The zero-order chi connectivity index (χ0) is 14.5. The van der Waals surface area contributed by atoms with Crippen LogP contribution < -0.4 is 5.32 Å². The quantitative estimate of drug-likeness (QED) is 0.899. The van der Waals surface area contributed by atoms with Gasteiger partial charge in [0.15, 0.2) is 0 Å². The van der Waals surface area contributed by atoms with Gasteiger partial charge >= 0.3 is 0 Å². The molecule has 0 saturated heterocycles. The number of amides is 1. The van der Waals surface area contributed by atoms with Crippen LogP contribution in [0.4, 0.5) is 0 Å². The van der Waals surface area contributed by atoms with E-state index in [4.69, 9.17) is 0 Å². The van der Waals surface area contributed by atoms with Crippen molar-refractivity contribution in [1.82, 2.24) is 5.32 Å². The predicted molar refractivity (Wildman–Crippen MR) is 88.6 cm³/mol. The van der Waals surface area contributed by atoms with Crippen LogP contribution in [0.1, 0.15) is 31.9 Å². The maximum absolute atomic E-state index is 12.1. The fourth-order valence-electron chi connectivity index (χ4n) is 1.93. The van der Waals surface area contributed by atoms with Crippen LogP contribution in [0.15, 0.2) is 29.6 Å². The molecule has 1 heterocycles. The van der Waals surface area contributed by atoms with E-state index >= 15 is 0 Å². The van der Waals surface area contributed by atoms with Gasteiger partial charge in [0.1, 0.15) is 0 Å². The SMILES string of the molecule is CSCc1ccc(C(=O)NCc2csc(C)c2C)cc1. The molecular weight excluding hydrogens is 286 g/mol. The number of benzene rings is 1. The van der Waals surface area contributed by atoms with E-state index in [0.29, 0.717) is 6.54 Å². The topological polar surface area (TPSA) is 29.1 Å². The molecule has 0 bridgehead atoms. The Labute approximate surface area is 128 Å². The molecule has 0 spiro atoms. The average molecular weight is 305 g/mol. The second kappa shape index (κ2) is 6.95. The van der Waals surface area contributed by atoms with Crippen molar-refractivity contribution in [2.75, 3.05) is 6.26 Å². The minimum Gasteiger partial charge on any atom is -0.348 e. The van der Waals surface area contributed by atoms with Crippen LogP contribution >= 0.6 is 23.1 Å². The normalized spacial score (nSPS) is 10.6. The third-order valence-corrected chi connectivity index (χ3v) is 5.04. The van der Waals surface area contributed by atoms with Gasteiger partial charge in [0, 0.05) is 22.7 Å². The highest BCUT2D eigenvalue weighted by molar-refractivity contribution is 7.97. The average Bonchev–Trinajstić information content (AvgIpc) is 2.77. The molecule has 0 radical (unpaired) electrons. The fourth-order valence-corrected chi connectivity index (χ4v) is 3.35. The van der Waals surface area contributed by atoms with Crippen LogP contribution in [-0.2, 0) is 12.3 Å². The van der Waals surface area contributed by atoms with Gasteiger partial charge < -0.3 is 5.32 Å². The number of thiophene rings is 1. The second-order valence-corrected chi connectivity index (χ2v) is 6.70. The molecule has 2 rings (SSSR count). The lowest BCUT2D eigenvalue weighted by molar-refractivity contribution is 0.0951. The minimum atomic E-state index is -0.0102. The van der Waals surface area contributed by atoms with Crippen molar-refractivity contribution in [2.24, 2.45) is 0 Å². The molecule has 2 aromatic rings. The van der Waals surface area contributed by atoms with Crippen molar-refractivity contribution in [3.63, 3.8) is 0 Å². The summed E-state index contributed by atoms with van der Waals surface area (Å²) in [6.07, 6.45) is 2.08. The van der Waals surface area contributed by atoms with Gasteiger partial charge in [-0.15, -0.1) is 11.3 Å². The van der Waals surface area contributed by atoms with E-state index in [1.165, 1.54) is 21.6 Å². The van der Waals surface area contributed by atoms with Crippen molar-refractivity contribution >= 4 is 29.0 Å². The van der Waals surface area contributed by atoms with Gasteiger partial charge in [-0.2, -0.15) is 11.8 Å². The minimum absolute atomic E-state index is 0.0102. The molecule has 0 unspecified atom stereocenters. The van der Waals surface area contributed by atoms with Crippen LogP contribution in [0.2, 0.25) is 0 Å². The van der Waals surface area contributed by atoms with Crippen LogP contribution in [0.25, 0.3) is 0 Å². The first-order valence-electron chi connectivity index (χ1n) is 6.51. The molecule has 0 fully saturated rings. The zero-order valence-corrected chi connectivity index (χ0v) is 13.7. The lowest BCUT2D eigenvalue weighted by atomic mass is 10.1. The van der Waals surface area contributed by atoms with Crippen molar-refractivity contribution in [3.05, 3.63) is 56.8 Å². The summed E-state index contributed by atoms with van der Waals surface area (Å²) in [4.78, 5) is 13.4. The molecule has 0 atom stereocenters. The largest absolute Gasteiger partial charge is 0.348 e. The number of carbonyl (C=O) groups excluding carboxylic acids is 1. The highest BCUT2D eigenvalue weighted by Crippen LogP contribution is 2.20. The summed E-state index contributed by atoms with van der Waals surface area (Å²) in [5.41, 5.74) is 4.46. The lowest BCUT2D eigenvalue weighted by Gasteiger charge is -2.06. The molecule has 2 nitrogen and oxygen atoms in total. The summed E-state index contributed by atoms with van der Waals surface area (Å²) in [5, 5.41) is 5.10. The van der Waals surface area contributed by atoms with E-state index in [1.54, 1.807) is 23.1 Å². The molecular formula is C16H19NOS2. The number of carbonyl (C=O) groups is 1. The first-order chi connectivity index (χ1) is 9.61. The Morgan fingerprint density at radius 3 is 2.50 bits per heavy atom. The van der Waals surface area contributed by atoms with Crippen LogP contribution in [0, 0.1) is 13.8 Å². The monoisotopic (exact) mass is 305 g/mol. The number of aryl methyl sites for hydroxylation is 1. The first kappa shape index (κ1) is 15.1. The summed E-state index contributed by atoms with van der Waals surface area (Å²) in [6, 6.07) is 7.83. The third kappa shape index (κ3) is 3.64. The molecule has 1 aromatic heterocycles. The fraction of sp³-hybridized carbons (Fsp3) is 0.312. The van der Waals surface area contributed by atoms with E-state index in [-0.39, 0.29) is 5.91 Å². The van der Waals surface area contributed by atoms with Crippen molar-refractivity contribution < 1.29 is 4.79 Å². The molecule has 4 heteroatoms. The molecule has 1 N–H and O–H groups in total. The predicted octanol–water partition coefficient (Wildman–Crippen LogP) is 4.16. The summed E-state index contributed by atoms with van der Waals surface area (Å²) in [6.45, 7) is 4.81. The molecule has 0 aliphatic heterocycles. The number of nitrogens with one attached hydrogen (secondary N) is 1. The molecule has 106 valence electrons. The Bertz CT molecular complexity index is 587. The highest BCUT2D eigenvalue weighted by Gasteiger charge is 2.08. The Morgan fingerprint density at radius 1 is 1.25 bits per heavy atom. The van der Waals surface area contributed by atoms with Crippen LogP contribution in [-0.4, -0.2) is 12.2 Å². The maximum atomic E-state index is 12.1. The molecule has 0 aliphatic carbocycles. The number of rotatable bonds is 5. The van der Waals surface area contributed by atoms with Gasteiger partial charge in [0.2, 0.25) is 0 Å².